The van der Waals surface area contributed by atoms with Gasteiger partial charge in [-0.25, -0.2) is 0 Å². The van der Waals surface area contributed by atoms with Crippen molar-refractivity contribution in [2.75, 3.05) is 11.9 Å². The first-order valence-corrected chi connectivity index (χ1v) is 5.10. The normalized spacial score (nSPS) is 13.0. The molecule has 0 aliphatic rings. The van der Waals surface area contributed by atoms with E-state index in [1.165, 1.54) is 11.3 Å². The Morgan fingerprint density at radius 2 is 1.57 bits per heavy atom. The Morgan fingerprint density at radius 3 is 1.93 bits per heavy atom. The number of anilines is 1. The van der Waals surface area contributed by atoms with Gasteiger partial charge in [0, 0.05) is 24.8 Å². The van der Waals surface area contributed by atoms with Gasteiger partial charge in [0.1, 0.15) is 0 Å². The van der Waals surface area contributed by atoms with E-state index in [4.69, 9.17) is 5.73 Å². The smallest absolute Gasteiger partial charge is 0.0366 e. The molecule has 2 nitrogen and oxygen atoms in total. The summed E-state index contributed by atoms with van der Waals surface area (Å²) in [5, 5.41) is 0. The lowest BCUT2D eigenvalue weighted by atomic mass is 10.1. The van der Waals surface area contributed by atoms with E-state index in [1.807, 2.05) is 6.92 Å². The zero-order valence-corrected chi connectivity index (χ0v) is 9.49. The van der Waals surface area contributed by atoms with E-state index in [2.05, 4.69) is 50.1 Å². The molecule has 0 unspecified atom stereocenters. The van der Waals surface area contributed by atoms with Gasteiger partial charge in [0.15, 0.2) is 0 Å². The molecule has 0 aliphatic heterocycles. The standard InChI is InChI=1S/C12H20N2/c1-9(2)14(4)12-7-5-11(6-8-12)10(3)13/h5-10H,13H2,1-4H3/t10-/m1/s1. The molecule has 14 heavy (non-hydrogen) atoms. The number of nitrogens with zero attached hydrogens (tertiary/aromatic N) is 1. The monoisotopic (exact) mass is 192 g/mol. The molecule has 1 rings (SSSR count). The number of nitrogens with two attached hydrogens (primary N) is 1. The summed E-state index contributed by atoms with van der Waals surface area (Å²) in [6.45, 7) is 6.36. The highest BCUT2D eigenvalue weighted by Crippen LogP contribution is 2.18. The van der Waals surface area contributed by atoms with Gasteiger partial charge < -0.3 is 10.6 Å². The zero-order valence-electron chi connectivity index (χ0n) is 9.49. The second-order valence-corrected chi connectivity index (χ2v) is 4.08. The van der Waals surface area contributed by atoms with Crippen molar-refractivity contribution in [3.05, 3.63) is 29.8 Å². The molecular weight excluding hydrogens is 172 g/mol. The van der Waals surface area contributed by atoms with E-state index in [9.17, 15) is 0 Å². The van der Waals surface area contributed by atoms with E-state index >= 15 is 0 Å². The van der Waals surface area contributed by atoms with Gasteiger partial charge in [-0.05, 0) is 38.5 Å². The number of hydrogen-bond acceptors (Lipinski definition) is 2. The predicted octanol–water partition coefficient (Wildman–Crippen LogP) is 2.55. The maximum Gasteiger partial charge on any atom is 0.0366 e. The molecule has 2 heteroatoms. The Bertz CT molecular complexity index is 275. The highest BCUT2D eigenvalue weighted by atomic mass is 15.1. The third-order valence-corrected chi connectivity index (χ3v) is 2.60. The quantitative estimate of drug-likeness (QED) is 0.797. The van der Waals surface area contributed by atoms with Crippen LogP contribution >= 0.6 is 0 Å². The first-order valence-electron chi connectivity index (χ1n) is 5.10. The predicted molar refractivity (Wildman–Crippen MR) is 62.6 cm³/mol. The minimum absolute atomic E-state index is 0.119. The Labute approximate surface area is 86.7 Å². The van der Waals surface area contributed by atoms with Crippen LogP contribution in [0.2, 0.25) is 0 Å². The molecule has 0 bridgehead atoms. The molecule has 0 spiro atoms. The van der Waals surface area contributed by atoms with Gasteiger partial charge in [0.05, 0.1) is 0 Å². The van der Waals surface area contributed by atoms with Crippen molar-refractivity contribution in [1.29, 1.82) is 0 Å². The van der Waals surface area contributed by atoms with Gasteiger partial charge in [-0.15, -0.1) is 0 Å². The van der Waals surface area contributed by atoms with Crippen molar-refractivity contribution in [3.8, 4) is 0 Å². The van der Waals surface area contributed by atoms with Crippen molar-refractivity contribution in [3.63, 3.8) is 0 Å². The van der Waals surface area contributed by atoms with Crippen LogP contribution < -0.4 is 10.6 Å². The minimum Gasteiger partial charge on any atom is -0.372 e. The van der Waals surface area contributed by atoms with Crippen LogP contribution in [0.1, 0.15) is 32.4 Å². The summed E-state index contributed by atoms with van der Waals surface area (Å²) in [5.74, 6) is 0. The maximum atomic E-state index is 5.79. The molecule has 0 heterocycles. The summed E-state index contributed by atoms with van der Waals surface area (Å²) in [7, 11) is 2.10. The highest BCUT2D eigenvalue weighted by Gasteiger charge is 2.05. The number of hydrogen-bond donors (Lipinski definition) is 1. The van der Waals surface area contributed by atoms with Gasteiger partial charge in [-0.1, -0.05) is 12.1 Å². The molecule has 2 N–H and O–H groups in total. The summed E-state index contributed by atoms with van der Waals surface area (Å²) < 4.78 is 0. The first kappa shape index (κ1) is 11.1. The van der Waals surface area contributed by atoms with Gasteiger partial charge in [-0.3, -0.25) is 0 Å². The summed E-state index contributed by atoms with van der Waals surface area (Å²) in [6.07, 6.45) is 0. The topological polar surface area (TPSA) is 29.3 Å². The average molecular weight is 192 g/mol. The highest BCUT2D eigenvalue weighted by molar-refractivity contribution is 5.47. The molecule has 1 aromatic rings. The lowest BCUT2D eigenvalue weighted by Crippen LogP contribution is -2.25. The lowest BCUT2D eigenvalue weighted by molar-refractivity contribution is 0.753. The molecule has 0 fully saturated rings. The number of benzene rings is 1. The van der Waals surface area contributed by atoms with Crippen LogP contribution in [0.25, 0.3) is 0 Å². The van der Waals surface area contributed by atoms with Gasteiger partial charge in [0.2, 0.25) is 0 Å². The molecule has 1 aromatic carbocycles. The molecule has 0 amide bonds. The van der Waals surface area contributed by atoms with Crippen molar-refractivity contribution < 1.29 is 0 Å². The summed E-state index contributed by atoms with van der Waals surface area (Å²) in [6, 6.07) is 9.08. The number of rotatable bonds is 3. The van der Waals surface area contributed by atoms with Crippen molar-refractivity contribution in [1.82, 2.24) is 0 Å². The summed E-state index contributed by atoms with van der Waals surface area (Å²) >= 11 is 0. The van der Waals surface area contributed by atoms with Gasteiger partial charge in [0.25, 0.3) is 0 Å². The van der Waals surface area contributed by atoms with Gasteiger partial charge in [-0.2, -0.15) is 0 Å². The van der Waals surface area contributed by atoms with Crippen LogP contribution in [0, 0.1) is 0 Å². The van der Waals surface area contributed by atoms with Crippen LogP contribution in [-0.4, -0.2) is 13.1 Å². The van der Waals surface area contributed by atoms with Crippen LogP contribution in [-0.2, 0) is 0 Å². The Morgan fingerprint density at radius 1 is 1.07 bits per heavy atom. The molecule has 0 saturated carbocycles. The Kier molecular flexibility index (Phi) is 3.53. The van der Waals surface area contributed by atoms with Crippen molar-refractivity contribution >= 4 is 5.69 Å². The molecule has 0 saturated heterocycles. The maximum absolute atomic E-state index is 5.79. The van der Waals surface area contributed by atoms with E-state index < -0.39 is 0 Å². The van der Waals surface area contributed by atoms with Crippen LogP contribution in [0.4, 0.5) is 5.69 Å². The molecular formula is C12H20N2. The van der Waals surface area contributed by atoms with E-state index in [-0.39, 0.29) is 6.04 Å². The van der Waals surface area contributed by atoms with Crippen molar-refractivity contribution in [2.24, 2.45) is 5.73 Å². The molecule has 0 aliphatic carbocycles. The zero-order chi connectivity index (χ0) is 10.7. The largest absolute Gasteiger partial charge is 0.372 e. The average Bonchev–Trinajstić information content (AvgIpc) is 2.16. The SMILES string of the molecule is CC(C)N(C)c1ccc([C@@H](C)N)cc1. The van der Waals surface area contributed by atoms with Crippen LogP contribution in [0.3, 0.4) is 0 Å². The van der Waals surface area contributed by atoms with E-state index in [1.54, 1.807) is 0 Å². The third kappa shape index (κ3) is 2.48. The summed E-state index contributed by atoms with van der Waals surface area (Å²) in [5.41, 5.74) is 8.21. The fraction of sp³-hybridized carbons (Fsp3) is 0.500. The first-order chi connectivity index (χ1) is 6.52. The van der Waals surface area contributed by atoms with Crippen LogP contribution in [0.15, 0.2) is 24.3 Å². The second kappa shape index (κ2) is 4.47. The molecule has 78 valence electrons. The van der Waals surface area contributed by atoms with E-state index in [0.717, 1.165) is 0 Å². The Balaban J connectivity index is 2.83. The fourth-order valence-electron chi connectivity index (χ4n) is 1.31. The van der Waals surface area contributed by atoms with Crippen LogP contribution in [0.5, 0.6) is 0 Å². The lowest BCUT2D eigenvalue weighted by Gasteiger charge is -2.24. The fourth-order valence-corrected chi connectivity index (χ4v) is 1.31. The molecule has 0 aromatic heterocycles. The van der Waals surface area contributed by atoms with Gasteiger partial charge >= 0.3 is 0 Å². The minimum atomic E-state index is 0.119. The molecule has 1 atom stereocenters. The van der Waals surface area contributed by atoms with E-state index in [0.29, 0.717) is 6.04 Å². The third-order valence-electron chi connectivity index (χ3n) is 2.60. The molecule has 0 radical (unpaired) electrons. The second-order valence-electron chi connectivity index (χ2n) is 4.08. The summed E-state index contributed by atoms with van der Waals surface area (Å²) in [4.78, 5) is 2.24. The Hall–Kier alpha value is -1.02. The van der Waals surface area contributed by atoms with Crippen molar-refractivity contribution in [2.45, 2.75) is 32.9 Å².